The number of likely N-dealkylation sites (tertiary alicyclic amines) is 1. The second kappa shape index (κ2) is 9.74. The van der Waals surface area contributed by atoms with Gasteiger partial charge in [-0.3, -0.25) is 4.79 Å². The molecule has 5 rings (SSSR count). The van der Waals surface area contributed by atoms with Crippen LogP contribution in [-0.4, -0.2) is 55.2 Å². The monoisotopic (exact) mass is 486 g/mol. The Morgan fingerprint density at radius 2 is 1.75 bits per heavy atom. The predicted octanol–water partition coefficient (Wildman–Crippen LogP) is 5.53. The molecule has 0 unspecified atom stereocenters. The van der Waals surface area contributed by atoms with Crippen LogP contribution in [0.1, 0.15) is 49.5 Å². The molecule has 1 aromatic heterocycles. The minimum atomic E-state index is 0.130. The van der Waals surface area contributed by atoms with Gasteiger partial charge in [-0.15, -0.1) is 0 Å². The molecule has 2 saturated heterocycles. The number of amides is 1. The minimum Gasteiger partial charge on any atom is -0.382 e. The molecule has 0 aliphatic carbocycles. The molecule has 1 amide bonds. The molecule has 2 N–H and O–H groups in total. The average Bonchev–Trinajstić information content (AvgIpc) is 2.87. The Morgan fingerprint density at radius 1 is 1.03 bits per heavy atom. The van der Waals surface area contributed by atoms with Crippen molar-refractivity contribution in [2.75, 3.05) is 50.0 Å². The number of benzene rings is 2. The first kappa shape index (κ1) is 24.6. The Hall–Kier alpha value is -3.12. The first-order valence-electron chi connectivity index (χ1n) is 13.1. The van der Waals surface area contributed by atoms with Crippen LogP contribution in [0.3, 0.4) is 0 Å². The zero-order chi connectivity index (χ0) is 25.4. The highest BCUT2D eigenvalue weighted by Gasteiger charge is 2.31. The Bertz CT molecular complexity index is 1270. The summed E-state index contributed by atoms with van der Waals surface area (Å²) in [6, 6.07) is 14.4. The maximum absolute atomic E-state index is 13.7. The number of carbonyl (C=O) groups excluding carboxylic acids is 1. The van der Waals surface area contributed by atoms with Crippen molar-refractivity contribution in [3.05, 3.63) is 53.6 Å². The lowest BCUT2D eigenvalue weighted by Gasteiger charge is -2.39. The van der Waals surface area contributed by atoms with Crippen LogP contribution >= 0.6 is 0 Å². The van der Waals surface area contributed by atoms with E-state index in [2.05, 4.69) is 61.8 Å². The SMILES string of the molecule is Cc1cccc(C(=O)N2CCC(C(C)(C)C)CC2)c1-c1ccc2nc(N)c(N3CCOCC3)cc2c1. The average molecular weight is 487 g/mol. The van der Waals surface area contributed by atoms with Gasteiger partial charge < -0.3 is 20.3 Å². The summed E-state index contributed by atoms with van der Waals surface area (Å²) in [5.74, 6) is 1.33. The van der Waals surface area contributed by atoms with Crippen LogP contribution in [0.25, 0.3) is 22.0 Å². The van der Waals surface area contributed by atoms with Crippen LogP contribution in [-0.2, 0) is 4.74 Å². The maximum atomic E-state index is 13.7. The topological polar surface area (TPSA) is 71.7 Å². The Labute approximate surface area is 214 Å². The van der Waals surface area contributed by atoms with E-state index in [9.17, 15) is 4.79 Å². The second-order valence-electron chi connectivity index (χ2n) is 11.3. The zero-order valence-corrected chi connectivity index (χ0v) is 22.0. The summed E-state index contributed by atoms with van der Waals surface area (Å²) in [6.45, 7) is 13.6. The molecule has 0 atom stereocenters. The minimum absolute atomic E-state index is 0.130. The third-order valence-corrected chi connectivity index (χ3v) is 7.97. The molecule has 3 aromatic rings. The molecule has 2 aliphatic rings. The number of hydrogen-bond acceptors (Lipinski definition) is 5. The number of anilines is 2. The van der Waals surface area contributed by atoms with Crippen LogP contribution < -0.4 is 10.6 Å². The van der Waals surface area contributed by atoms with Crippen molar-refractivity contribution in [1.82, 2.24) is 9.88 Å². The molecular formula is C30H38N4O2. The largest absolute Gasteiger partial charge is 0.382 e. The van der Waals surface area contributed by atoms with Gasteiger partial charge in [0.2, 0.25) is 0 Å². The summed E-state index contributed by atoms with van der Waals surface area (Å²) < 4.78 is 5.51. The number of nitrogens with zero attached hydrogens (tertiary/aromatic N) is 3. The van der Waals surface area contributed by atoms with Crippen LogP contribution in [0, 0.1) is 18.3 Å². The fourth-order valence-electron chi connectivity index (χ4n) is 5.74. The number of ether oxygens (including phenoxy) is 1. The van der Waals surface area contributed by atoms with Gasteiger partial charge in [0, 0.05) is 37.1 Å². The van der Waals surface area contributed by atoms with Crippen molar-refractivity contribution in [2.24, 2.45) is 11.3 Å². The Kier molecular flexibility index (Phi) is 6.64. The van der Waals surface area contributed by atoms with E-state index in [-0.39, 0.29) is 11.3 Å². The van der Waals surface area contributed by atoms with Crippen molar-refractivity contribution in [2.45, 2.75) is 40.5 Å². The number of nitrogens with two attached hydrogens (primary N) is 1. The molecular weight excluding hydrogens is 448 g/mol. The molecule has 36 heavy (non-hydrogen) atoms. The van der Waals surface area contributed by atoms with E-state index in [1.807, 2.05) is 23.1 Å². The van der Waals surface area contributed by atoms with Gasteiger partial charge in [0.15, 0.2) is 0 Å². The summed E-state index contributed by atoms with van der Waals surface area (Å²) >= 11 is 0. The smallest absolute Gasteiger partial charge is 0.254 e. The molecule has 0 radical (unpaired) electrons. The number of fused-ring (bicyclic) bond motifs is 1. The second-order valence-corrected chi connectivity index (χ2v) is 11.3. The summed E-state index contributed by atoms with van der Waals surface area (Å²) in [7, 11) is 0. The standard InChI is InChI=1S/C30H38N4O2/c1-20-6-5-7-24(29(35)34-12-10-23(11-13-34)30(2,3)4)27(20)21-8-9-25-22(18-21)19-26(28(31)32-25)33-14-16-36-17-15-33/h5-9,18-19,23H,10-17H2,1-4H3,(H2,31,32). The number of aryl methyl sites for hydroxylation is 1. The molecule has 3 heterocycles. The summed E-state index contributed by atoms with van der Waals surface area (Å²) in [6.07, 6.45) is 2.12. The van der Waals surface area contributed by atoms with Gasteiger partial charge in [-0.2, -0.15) is 0 Å². The number of aromatic nitrogens is 1. The molecule has 190 valence electrons. The van der Waals surface area contributed by atoms with Gasteiger partial charge in [0.1, 0.15) is 5.82 Å². The first-order valence-corrected chi connectivity index (χ1v) is 13.1. The maximum Gasteiger partial charge on any atom is 0.254 e. The van der Waals surface area contributed by atoms with Gasteiger partial charge >= 0.3 is 0 Å². The highest BCUT2D eigenvalue weighted by Crippen LogP contribution is 2.37. The van der Waals surface area contributed by atoms with E-state index in [1.165, 1.54) is 0 Å². The van der Waals surface area contributed by atoms with E-state index in [0.717, 1.165) is 77.9 Å². The highest BCUT2D eigenvalue weighted by molar-refractivity contribution is 6.03. The van der Waals surface area contributed by atoms with E-state index in [1.54, 1.807) is 0 Å². The van der Waals surface area contributed by atoms with Crippen molar-refractivity contribution in [1.29, 1.82) is 0 Å². The number of morpholine rings is 1. The number of hydrogen-bond donors (Lipinski definition) is 1. The van der Waals surface area contributed by atoms with Gasteiger partial charge in [0.25, 0.3) is 5.91 Å². The molecule has 2 aromatic carbocycles. The van der Waals surface area contributed by atoms with E-state index < -0.39 is 0 Å². The zero-order valence-electron chi connectivity index (χ0n) is 22.0. The first-order chi connectivity index (χ1) is 17.2. The van der Waals surface area contributed by atoms with E-state index in [4.69, 9.17) is 10.5 Å². The summed E-state index contributed by atoms with van der Waals surface area (Å²) in [5, 5.41) is 1.02. The molecule has 2 aliphatic heterocycles. The molecule has 0 saturated carbocycles. The van der Waals surface area contributed by atoms with E-state index >= 15 is 0 Å². The fourth-order valence-corrected chi connectivity index (χ4v) is 5.74. The van der Waals surface area contributed by atoms with Crippen molar-refractivity contribution in [3.63, 3.8) is 0 Å². The lowest BCUT2D eigenvalue weighted by Crippen LogP contribution is -2.41. The molecule has 0 spiro atoms. The van der Waals surface area contributed by atoms with Gasteiger partial charge in [-0.1, -0.05) is 39.0 Å². The summed E-state index contributed by atoms with van der Waals surface area (Å²) in [4.78, 5) is 22.7. The normalized spacial score (nSPS) is 17.6. The van der Waals surface area contributed by atoms with Crippen molar-refractivity contribution >= 4 is 28.3 Å². The predicted molar refractivity (Wildman–Crippen MR) is 147 cm³/mol. The lowest BCUT2D eigenvalue weighted by atomic mass is 9.75. The van der Waals surface area contributed by atoms with Crippen LogP contribution in [0.15, 0.2) is 42.5 Å². The van der Waals surface area contributed by atoms with Gasteiger partial charge in [0.05, 0.1) is 24.4 Å². The van der Waals surface area contributed by atoms with Crippen molar-refractivity contribution < 1.29 is 9.53 Å². The van der Waals surface area contributed by atoms with Crippen LogP contribution in [0.4, 0.5) is 11.5 Å². The molecule has 6 heteroatoms. The van der Waals surface area contributed by atoms with Crippen LogP contribution in [0.5, 0.6) is 0 Å². The Balaban J connectivity index is 1.48. The van der Waals surface area contributed by atoms with Crippen molar-refractivity contribution in [3.8, 4) is 11.1 Å². The molecule has 0 bridgehead atoms. The van der Waals surface area contributed by atoms with Crippen LogP contribution in [0.2, 0.25) is 0 Å². The lowest BCUT2D eigenvalue weighted by molar-refractivity contribution is 0.0609. The quantitative estimate of drug-likeness (QED) is 0.527. The molecule has 2 fully saturated rings. The van der Waals surface area contributed by atoms with Gasteiger partial charge in [-0.05, 0) is 72.1 Å². The number of piperidine rings is 1. The number of rotatable bonds is 3. The third-order valence-electron chi connectivity index (χ3n) is 7.97. The highest BCUT2D eigenvalue weighted by atomic mass is 16.5. The fraction of sp³-hybridized carbons (Fsp3) is 0.467. The number of pyridine rings is 1. The molecule has 6 nitrogen and oxygen atoms in total. The number of nitrogen functional groups attached to an aromatic ring is 1. The van der Waals surface area contributed by atoms with Gasteiger partial charge in [-0.25, -0.2) is 4.98 Å². The summed E-state index contributed by atoms with van der Waals surface area (Å²) in [5.41, 5.74) is 12.3. The Morgan fingerprint density at radius 3 is 2.44 bits per heavy atom. The van der Waals surface area contributed by atoms with E-state index in [0.29, 0.717) is 24.9 Å². The third kappa shape index (κ3) is 4.79. The number of carbonyl (C=O) groups is 1.